The second-order valence-electron chi connectivity index (χ2n) is 4.82. The third kappa shape index (κ3) is 2.64. The van der Waals surface area contributed by atoms with Crippen LogP contribution in [0.15, 0.2) is 18.2 Å². The lowest BCUT2D eigenvalue weighted by molar-refractivity contribution is 0.0741. The van der Waals surface area contributed by atoms with Gasteiger partial charge in [-0.05, 0) is 44.9 Å². The minimum absolute atomic E-state index is 0.0133. The fourth-order valence-corrected chi connectivity index (χ4v) is 2.11. The second kappa shape index (κ2) is 5.40. The van der Waals surface area contributed by atoms with Gasteiger partial charge in [0.05, 0.1) is 0 Å². The Morgan fingerprint density at radius 3 is 2.83 bits per heavy atom. The Hall–Kier alpha value is -1.55. The van der Waals surface area contributed by atoms with E-state index in [0.29, 0.717) is 30.3 Å². The summed E-state index contributed by atoms with van der Waals surface area (Å²) >= 11 is 0. The van der Waals surface area contributed by atoms with Crippen molar-refractivity contribution in [3.05, 3.63) is 29.3 Å². The highest BCUT2D eigenvalue weighted by molar-refractivity contribution is 5.96. The van der Waals surface area contributed by atoms with E-state index in [1.807, 2.05) is 4.90 Å². The van der Waals surface area contributed by atoms with Crippen LogP contribution in [0.3, 0.4) is 0 Å². The molecule has 1 aromatic rings. The van der Waals surface area contributed by atoms with Gasteiger partial charge in [0, 0.05) is 23.7 Å². The molecule has 0 aromatic heterocycles. The minimum atomic E-state index is 0.0133. The molecule has 1 aromatic carbocycles. The van der Waals surface area contributed by atoms with Crippen LogP contribution in [-0.2, 0) is 0 Å². The van der Waals surface area contributed by atoms with Gasteiger partial charge in [-0.3, -0.25) is 4.79 Å². The van der Waals surface area contributed by atoms with Crippen LogP contribution in [0, 0.1) is 6.92 Å². The molecule has 18 heavy (non-hydrogen) atoms. The number of hydrogen-bond acceptors (Lipinski definition) is 3. The minimum Gasteiger partial charge on any atom is -0.508 e. The molecular formula is C14H20N2O2. The summed E-state index contributed by atoms with van der Waals surface area (Å²) in [7, 11) is 0. The second-order valence-corrected chi connectivity index (χ2v) is 4.82. The van der Waals surface area contributed by atoms with Crippen molar-refractivity contribution in [2.24, 2.45) is 5.73 Å². The van der Waals surface area contributed by atoms with E-state index < -0.39 is 0 Å². The smallest absolute Gasteiger partial charge is 0.254 e. The number of carbonyl (C=O) groups excluding carboxylic acids is 1. The Kier molecular flexibility index (Phi) is 3.87. The molecule has 0 atom stereocenters. The summed E-state index contributed by atoms with van der Waals surface area (Å²) in [6.07, 6.45) is 2.97. The number of nitrogens with zero attached hydrogens (tertiary/aromatic N) is 1. The normalized spacial score (nSPS) is 14.6. The lowest BCUT2D eigenvalue weighted by atomic mass is 10.1. The van der Waals surface area contributed by atoms with Crippen molar-refractivity contribution in [1.82, 2.24) is 4.90 Å². The maximum atomic E-state index is 12.5. The van der Waals surface area contributed by atoms with Crippen molar-refractivity contribution < 1.29 is 9.90 Å². The molecule has 0 spiro atoms. The van der Waals surface area contributed by atoms with E-state index >= 15 is 0 Å². The quantitative estimate of drug-likeness (QED) is 0.832. The lowest BCUT2D eigenvalue weighted by Gasteiger charge is -2.23. The predicted octanol–water partition coefficient (Wildman–Crippen LogP) is 1.65. The molecule has 2 rings (SSSR count). The molecule has 98 valence electrons. The number of amides is 1. The van der Waals surface area contributed by atoms with Crippen LogP contribution in [0.5, 0.6) is 5.75 Å². The number of benzene rings is 1. The van der Waals surface area contributed by atoms with Crippen molar-refractivity contribution in [2.45, 2.75) is 32.2 Å². The number of carbonyl (C=O) groups is 1. The molecule has 1 aliphatic rings. The van der Waals surface area contributed by atoms with Crippen LogP contribution < -0.4 is 5.73 Å². The van der Waals surface area contributed by atoms with Gasteiger partial charge in [0.1, 0.15) is 5.75 Å². The van der Waals surface area contributed by atoms with Gasteiger partial charge < -0.3 is 15.7 Å². The topological polar surface area (TPSA) is 66.6 Å². The molecule has 1 fully saturated rings. The molecule has 0 unspecified atom stereocenters. The number of hydrogen-bond donors (Lipinski definition) is 2. The molecule has 1 aliphatic carbocycles. The van der Waals surface area contributed by atoms with Crippen LogP contribution in [0.2, 0.25) is 0 Å². The molecule has 1 amide bonds. The van der Waals surface area contributed by atoms with Crippen LogP contribution in [-0.4, -0.2) is 35.0 Å². The first-order valence-electron chi connectivity index (χ1n) is 6.44. The highest BCUT2D eigenvalue weighted by Crippen LogP contribution is 2.30. The van der Waals surface area contributed by atoms with E-state index in [2.05, 4.69) is 0 Å². The summed E-state index contributed by atoms with van der Waals surface area (Å²) in [6, 6.07) is 5.46. The molecule has 0 saturated heterocycles. The van der Waals surface area contributed by atoms with Crippen LogP contribution in [0.25, 0.3) is 0 Å². The zero-order valence-electron chi connectivity index (χ0n) is 10.7. The van der Waals surface area contributed by atoms with Crippen LogP contribution >= 0.6 is 0 Å². The summed E-state index contributed by atoms with van der Waals surface area (Å²) in [4.78, 5) is 14.4. The maximum Gasteiger partial charge on any atom is 0.254 e. The van der Waals surface area contributed by atoms with E-state index in [1.54, 1.807) is 25.1 Å². The Morgan fingerprint density at radius 1 is 1.50 bits per heavy atom. The van der Waals surface area contributed by atoms with Gasteiger partial charge in [-0.25, -0.2) is 0 Å². The number of nitrogens with two attached hydrogens (primary N) is 1. The van der Waals surface area contributed by atoms with Gasteiger partial charge in [-0.1, -0.05) is 6.07 Å². The zero-order chi connectivity index (χ0) is 13.1. The van der Waals surface area contributed by atoms with E-state index in [-0.39, 0.29) is 11.7 Å². The van der Waals surface area contributed by atoms with Crippen molar-refractivity contribution in [3.63, 3.8) is 0 Å². The summed E-state index contributed by atoms with van der Waals surface area (Å²) in [5.74, 6) is 0.190. The number of phenols is 1. The van der Waals surface area contributed by atoms with Crippen molar-refractivity contribution in [1.29, 1.82) is 0 Å². The molecule has 4 heteroatoms. The van der Waals surface area contributed by atoms with Gasteiger partial charge in [-0.2, -0.15) is 0 Å². The van der Waals surface area contributed by atoms with Gasteiger partial charge in [0.15, 0.2) is 0 Å². The fraction of sp³-hybridized carbons (Fsp3) is 0.500. The third-order valence-corrected chi connectivity index (χ3v) is 3.39. The highest BCUT2D eigenvalue weighted by atomic mass is 16.3. The molecule has 0 heterocycles. The summed E-state index contributed by atoms with van der Waals surface area (Å²) in [6.45, 7) is 3.07. The zero-order valence-corrected chi connectivity index (χ0v) is 10.7. The first-order chi connectivity index (χ1) is 8.65. The molecule has 1 saturated carbocycles. The fourth-order valence-electron chi connectivity index (χ4n) is 2.11. The van der Waals surface area contributed by atoms with E-state index in [4.69, 9.17) is 5.73 Å². The monoisotopic (exact) mass is 248 g/mol. The third-order valence-electron chi connectivity index (χ3n) is 3.39. The molecule has 0 radical (unpaired) electrons. The Labute approximate surface area is 107 Å². The maximum absolute atomic E-state index is 12.5. The summed E-state index contributed by atoms with van der Waals surface area (Å²) < 4.78 is 0. The first kappa shape index (κ1) is 12.9. The first-order valence-corrected chi connectivity index (χ1v) is 6.44. The summed E-state index contributed by atoms with van der Waals surface area (Å²) in [5.41, 5.74) is 6.76. The molecule has 4 nitrogen and oxygen atoms in total. The molecule has 0 aliphatic heterocycles. The van der Waals surface area contributed by atoms with Crippen molar-refractivity contribution in [2.75, 3.05) is 13.1 Å². The van der Waals surface area contributed by atoms with Gasteiger partial charge in [0.2, 0.25) is 0 Å². The molecule has 3 N–H and O–H groups in total. The van der Waals surface area contributed by atoms with Crippen molar-refractivity contribution >= 4 is 5.91 Å². The Bertz CT molecular complexity index is 441. The van der Waals surface area contributed by atoms with Crippen molar-refractivity contribution in [3.8, 4) is 5.75 Å². The predicted molar refractivity (Wildman–Crippen MR) is 70.6 cm³/mol. The summed E-state index contributed by atoms with van der Waals surface area (Å²) in [5, 5.41) is 9.67. The number of rotatable bonds is 5. The Balaban J connectivity index is 2.19. The molecular weight excluding hydrogens is 228 g/mol. The standard InChI is InChI=1S/C14H20N2O2/c1-10-12(4-2-5-13(10)17)14(18)16(9-3-8-15)11-6-7-11/h2,4-5,11,17H,3,6-9,15H2,1H3. The highest BCUT2D eigenvalue weighted by Gasteiger charge is 2.33. The average molecular weight is 248 g/mol. The van der Waals surface area contributed by atoms with Crippen LogP contribution in [0.4, 0.5) is 0 Å². The average Bonchev–Trinajstić information content (AvgIpc) is 3.17. The van der Waals surface area contributed by atoms with E-state index in [1.165, 1.54) is 0 Å². The van der Waals surface area contributed by atoms with Crippen LogP contribution in [0.1, 0.15) is 35.2 Å². The molecule has 0 bridgehead atoms. The number of aromatic hydroxyl groups is 1. The van der Waals surface area contributed by atoms with Gasteiger partial charge in [0.25, 0.3) is 5.91 Å². The van der Waals surface area contributed by atoms with E-state index in [9.17, 15) is 9.90 Å². The number of phenolic OH excluding ortho intramolecular Hbond substituents is 1. The largest absolute Gasteiger partial charge is 0.508 e. The van der Waals surface area contributed by atoms with E-state index in [0.717, 1.165) is 19.3 Å². The Morgan fingerprint density at radius 2 is 2.22 bits per heavy atom. The van der Waals surface area contributed by atoms with Gasteiger partial charge in [-0.15, -0.1) is 0 Å². The SMILES string of the molecule is Cc1c(O)cccc1C(=O)N(CCCN)C1CC1. The van der Waals surface area contributed by atoms with Gasteiger partial charge >= 0.3 is 0 Å². The lowest BCUT2D eigenvalue weighted by Crippen LogP contribution is -2.35.